The Kier molecular flexibility index (Phi) is 3.64. The summed E-state index contributed by atoms with van der Waals surface area (Å²) in [5, 5.41) is 16.1. The van der Waals surface area contributed by atoms with Gasteiger partial charge >= 0.3 is 0 Å². The minimum absolute atomic E-state index is 0.109. The van der Waals surface area contributed by atoms with Crippen LogP contribution in [0.25, 0.3) is 5.69 Å². The predicted molar refractivity (Wildman–Crippen MR) is 67.9 cm³/mol. The molecule has 2 rings (SSSR count). The number of hydrogen-bond acceptors (Lipinski definition) is 3. The van der Waals surface area contributed by atoms with Gasteiger partial charge in [0.05, 0.1) is 12.3 Å². The summed E-state index contributed by atoms with van der Waals surface area (Å²) in [6.45, 7) is -0.109. The summed E-state index contributed by atoms with van der Waals surface area (Å²) in [7, 11) is 1.55. The van der Waals surface area contributed by atoms with Gasteiger partial charge in [0.15, 0.2) is 5.69 Å². The number of nitrogens with zero attached hydrogens (tertiary/aromatic N) is 2. The van der Waals surface area contributed by atoms with Gasteiger partial charge < -0.3 is 10.4 Å². The number of aromatic nitrogens is 2. The molecule has 1 aromatic heterocycles. The molecule has 0 fully saturated rings. The fourth-order valence-electron chi connectivity index (χ4n) is 1.52. The largest absolute Gasteiger partial charge is 0.392 e. The van der Waals surface area contributed by atoms with Crippen LogP contribution in [0.2, 0.25) is 5.02 Å². The van der Waals surface area contributed by atoms with Crippen molar-refractivity contribution in [2.45, 2.75) is 6.61 Å². The Balaban J connectivity index is 2.34. The van der Waals surface area contributed by atoms with Gasteiger partial charge in [-0.2, -0.15) is 5.10 Å². The molecule has 0 saturated carbocycles. The van der Waals surface area contributed by atoms with Gasteiger partial charge in [-0.3, -0.25) is 4.79 Å². The lowest BCUT2D eigenvalue weighted by molar-refractivity contribution is 0.0957. The minimum Gasteiger partial charge on any atom is -0.392 e. The molecule has 0 spiro atoms. The number of nitrogens with one attached hydrogen (secondary N) is 1. The number of carbonyl (C=O) groups is 1. The molecule has 0 unspecified atom stereocenters. The van der Waals surface area contributed by atoms with Crippen molar-refractivity contribution in [2.24, 2.45) is 0 Å². The summed E-state index contributed by atoms with van der Waals surface area (Å²) in [6.07, 6.45) is 1.68. The summed E-state index contributed by atoms with van der Waals surface area (Å²) in [6, 6.07) is 6.80. The highest BCUT2D eigenvalue weighted by Crippen LogP contribution is 2.20. The lowest BCUT2D eigenvalue weighted by atomic mass is 10.2. The summed E-state index contributed by atoms with van der Waals surface area (Å²) in [5.41, 5.74) is 1.71. The Labute approximate surface area is 109 Å². The summed E-state index contributed by atoms with van der Waals surface area (Å²) in [5.74, 6) is -0.244. The van der Waals surface area contributed by atoms with Crippen LogP contribution in [0.15, 0.2) is 30.5 Å². The normalized spacial score (nSPS) is 10.4. The molecule has 0 radical (unpaired) electrons. The Morgan fingerprint density at radius 3 is 2.89 bits per heavy atom. The number of hydrogen-bond donors (Lipinski definition) is 2. The van der Waals surface area contributed by atoms with Crippen molar-refractivity contribution in [1.82, 2.24) is 15.1 Å². The van der Waals surface area contributed by atoms with E-state index < -0.39 is 0 Å². The van der Waals surface area contributed by atoms with Crippen molar-refractivity contribution in [3.8, 4) is 5.69 Å². The second-order valence-corrected chi connectivity index (χ2v) is 4.07. The van der Waals surface area contributed by atoms with Gasteiger partial charge in [0.25, 0.3) is 5.91 Å². The standard InChI is InChI=1S/C12H12ClN3O2/c1-14-12(18)11-4-5-16(15-11)9-3-2-8(7-17)10(13)6-9/h2-6,17H,7H2,1H3,(H,14,18). The Morgan fingerprint density at radius 1 is 1.50 bits per heavy atom. The number of carbonyl (C=O) groups excluding carboxylic acids is 1. The van der Waals surface area contributed by atoms with Crippen LogP contribution in [-0.4, -0.2) is 27.8 Å². The van der Waals surface area contributed by atoms with Crippen LogP contribution in [0, 0.1) is 0 Å². The van der Waals surface area contributed by atoms with Crippen molar-refractivity contribution in [2.75, 3.05) is 7.05 Å². The molecule has 0 aliphatic carbocycles. The molecule has 1 amide bonds. The summed E-state index contributed by atoms with van der Waals surface area (Å²) in [4.78, 5) is 11.4. The molecule has 0 aliphatic heterocycles. The fourth-order valence-corrected chi connectivity index (χ4v) is 1.76. The molecule has 0 bridgehead atoms. The molecule has 1 aromatic carbocycles. The Bertz CT molecular complexity index is 580. The van der Waals surface area contributed by atoms with E-state index in [1.807, 2.05) is 0 Å². The lowest BCUT2D eigenvalue weighted by Gasteiger charge is -2.05. The number of aliphatic hydroxyl groups is 1. The third-order valence-electron chi connectivity index (χ3n) is 2.52. The predicted octanol–water partition coefficient (Wildman–Crippen LogP) is 1.38. The van der Waals surface area contributed by atoms with Gasteiger partial charge in [-0.1, -0.05) is 17.7 Å². The molecule has 0 saturated heterocycles. The quantitative estimate of drug-likeness (QED) is 0.881. The lowest BCUT2D eigenvalue weighted by Crippen LogP contribution is -2.18. The molecule has 94 valence electrons. The van der Waals surface area contributed by atoms with E-state index in [0.717, 1.165) is 5.69 Å². The Hall–Kier alpha value is -1.85. The molecule has 18 heavy (non-hydrogen) atoms. The first-order valence-corrected chi connectivity index (χ1v) is 5.71. The van der Waals surface area contributed by atoms with E-state index in [9.17, 15) is 4.79 Å². The monoisotopic (exact) mass is 265 g/mol. The summed E-state index contributed by atoms with van der Waals surface area (Å²) < 4.78 is 1.55. The van der Waals surface area contributed by atoms with Gasteiger partial charge in [-0.05, 0) is 23.8 Å². The van der Waals surface area contributed by atoms with Crippen molar-refractivity contribution >= 4 is 17.5 Å². The van der Waals surface area contributed by atoms with Gasteiger partial charge in [0.2, 0.25) is 0 Å². The van der Waals surface area contributed by atoms with Gasteiger partial charge in [0, 0.05) is 18.3 Å². The van der Waals surface area contributed by atoms with E-state index >= 15 is 0 Å². The van der Waals surface area contributed by atoms with Crippen LogP contribution in [0.3, 0.4) is 0 Å². The molecule has 0 atom stereocenters. The topological polar surface area (TPSA) is 67.2 Å². The summed E-state index contributed by atoms with van der Waals surface area (Å²) >= 11 is 6.00. The zero-order valence-corrected chi connectivity index (χ0v) is 10.5. The van der Waals surface area contributed by atoms with Crippen LogP contribution < -0.4 is 5.32 Å². The number of halogens is 1. The SMILES string of the molecule is CNC(=O)c1ccn(-c2ccc(CO)c(Cl)c2)n1. The molecular formula is C12H12ClN3O2. The third-order valence-corrected chi connectivity index (χ3v) is 2.87. The van der Waals surface area contributed by atoms with Crippen LogP contribution in [-0.2, 0) is 6.61 Å². The average molecular weight is 266 g/mol. The smallest absolute Gasteiger partial charge is 0.271 e. The number of aliphatic hydroxyl groups excluding tert-OH is 1. The van der Waals surface area contributed by atoms with Crippen molar-refractivity contribution < 1.29 is 9.90 Å². The Morgan fingerprint density at radius 2 is 2.28 bits per heavy atom. The van der Waals surface area contributed by atoms with Crippen molar-refractivity contribution in [1.29, 1.82) is 0 Å². The van der Waals surface area contributed by atoms with Crippen molar-refractivity contribution in [3.05, 3.63) is 46.7 Å². The van der Waals surface area contributed by atoms with Gasteiger partial charge in [0.1, 0.15) is 0 Å². The molecular weight excluding hydrogens is 254 g/mol. The minimum atomic E-state index is -0.244. The second kappa shape index (κ2) is 5.20. The molecule has 1 heterocycles. The first kappa shape index (κ1) is 12.6. The third kappa shape index (κ3) is 2.37. The number of rotatable bonds is 3. The van der Waals surface area contributed by atoms with E-state index in [-0.39, 0.29) is 12.5 Å². The van der Waals surface area contributed by atoms with Crippen LogP contribution in [0.5, 0.6) is 0 Å². The second-order valence-electron chi connectivity index (χ2n) is 3.66. The van der Waals surface area contributed by atoms with Crippen LogP contribution in [0.4, 0.5) is 0 Å². The number of amides is 1. The van der Waals surface area contributed by atoms with E-state index in [1.165, 1.54) is 0 Å². The van der Waals surface area contributed by atoms with E-state index in [2.05, 4.69) is 10.4 Å². The fraction of sp³-hybridized carbons (Fsp3) is 0.167. The molecule has 2 aromatic rings. The van der Waals surface area contributed by atoms with Crippen LogP contribution >= 0.6 is 11.6 Å². The van der Waals surface area contributed by atoms with Gasteiger partial charge in [-0.25, -0.2) is 4.68 Å². The zero-order chi connectivity index (χ0) is 13.1. The first-order valence-electron chi connectivity index (χ1n) is 5.33. The van der Waals surface area contributed by atoms with Crippen molar-refractivity contribution in [3.63, 3.8) is 0 Å². The highest BCUT2D eigenvalue weighted by atomic mass is 35.5. The highest BCUT2D eigenvalue weighted by Gasteiger charge is 2.09. The maximum atomic E-state index is 11.4. The average Bonchev–Trinajstić information content (AvgIpc) is 2.87. The maximum absolute atomic E-state index is 11.4. The first-order chi connectivity index (χ1) is 8.65. The van der Waals surface area contributed by atoms with E-state index in [4.69, 9.17) is 16.7 Å². The molecule has 2 N–H and O–H groups in total. The molecule has 5 nitrogen and oxygen atoms in total. The maximum Gasteiger partial charge on any atom is 0.271 e. The molecule has 6 heteroatoms. The van der Waals surface area contributed by atoms with Gasteiger partial charge in [-0.15, -0.1) is 0 Å². The van der Waals surface area contributed by atoms with Crippen LogP contribution in [0.1, 0.15) is 16.1 Å². The van der Waals surface area contributed by atoms with E-state index in [0.29, 0.717) is 16.3 Å². The number of benzene rings is 1. The zero-order valence-electron chi connectivity index (χ0n) is 9.72. The highest BCUT2D eigenvalue weighted by molar-refractivity contribution is 6.31. The molecule has 0 aliphatic rings. The van der Waals surface area contributed by atoms with E-state index in [1.54, 1.807) is 42.2 Å².